The van der Waals surface area contributed by atoms with Crippen LogP contribution in [0.5, 0.6) is 0 Å². The molecule has 0 unspecified atom stereocenters. The lowest BCUT2D eigenvalue weighted by atomic mass is 10.2. The van der Waals surface area contributed by atoms with Gasteiger partial charge in [0.05, 0.1) is 12.1 Å². The highest BCUT2D eigenvalue weighted by atomic mass is 79.9. The molecule has 94 valence electrons. The Morgan fingerprint density at radius 3 is 2.56 bits per heavy atom. The van der Waals surface area contributed by atoms with Gasteiger partial charge in [0.15, 0.2) is 5.69 Å². The summed E-state index contributed by atoms with van der Waals surface area (Å²) >= 11 is 3.31. The Hall–Kier alpha value is -1.82. The average molecular weight is 312 g/mol. The highest BCUT2D eigenvalue weighted by Gasteiger charge is 2.19. The molecule has 5 nitrogen and oxygen atoms in total. The Morgan fingerprint density at radius 2 is 2.00 bits per heavy atom. The molecule has 0 bridgehead atoms. The first-order valence-corrected chi connectivity index (χ1v) is 5.97. The van der Waals surface area contributed by atoms with Crippen molar-refractivity contribution in [3.63, 3.8) is 0 Å². The number of nitrogens with zero attached hydrogens (tertiary/aromatic N) is 1. The van der Waals surface area contributed by atoms with Gasteiger partial charge in [0, 0.05) is 4.47 Å². The van der Waals surface area contributed by atoms with Crippen molar-refractivity contribution >= 4 is 21.9 Å². The maximum atomic E-state index is 11.4. The maximum Gasteiger partial charge on any atom is 0.361 e. The van der Waals surface area contributed by atoms with Crippen LogP contribution in [0.3, 0.4) is 0 Å². The van der Waals surface area contributed by atoms with Crippen LogP contribution < -0.4 is 5.63 Å². The number of benzene rings is 1. The van der Waals surface area contributed by atoms with Crippen LogP contribution in [0.4, 0.5) is 0 Å². The number of halogens is 1. The maximum absolute atomic E-state index is 11.4. The Bertz CT molecular complexity index is 639. The van der Waals surface area contributed by atoms with Crippen molar-refractivity contribution in [3.05, 3.63) is 56.0 Å². The summed E-state index contributed by atoms with van der Waals surface area (Å²) in [5.74, 6) is -1.17. The lowest BCUT2D eigenvalue weighted by molar-refractivity contribution is 0.0669. The minimum absolute atomic E-state index is 0.108. The summed E-state index contributed by atoms with van der Waals surface area (Å²) < 4.78 is 6.94. The second-order valence-electron chi connectivity index (χ2n) is 3.82. The molecule has 0 amide bonds. The van der Waals surface area contributed by atoms with Gasteiger partial charge in [0.2, 0.25) is 0 Å². The number of carboxylic acid groups (broad SMARTS) is 1. The number of aromatic nitrogens is 1. The van der Waals surface area contributed by atoms with Crippen LogP contribution >= 0.6 is 15.9 Å². The Balaban J connectivity index is 2.40. The molecule has 0 aliphatic carbocycles. The number of carbonyl (C=O) groups is 1. The molecule has 0 fully saturated rings. The fraction of sp³-hybridized carbons (Fsp3) is 0.167. The number of aromatic carboxylic acids is 1. The normalized spacial score (nSPS) is 10.6. The lowest BCUT2D eigenvalue weighted by Crippen LogP contribution is -2.10. The molecule has 2 rings (SSSR count). The predicted molar refractivity (Wildman–Crippen MR) is 67.9 cm³/mol. The molecule has 1 heterocycles. The van der Waals surface area contributed by atoms with Gasteiger partial charge in [-0.15, -0.1) is 0 Å². The topological polar surface area (TPSA) is 72.4 Å². The first-order valence-electron chi connectivity index (χ1n) is 5.17. The van der Waals surface area contributed by atoms with Gasteiger partial charge in [-0.3, -0.25) is 0 Å². The lowest BCUT2D eigenvalue weighted by Gasteiger charge is -2.04. The molecule has 0 saturated heterocycles. The Labute approximate surface area is 111 Å². The molecule has 0 spiro atoms. The molecular weight excluding hydrogens is 302 g/mol. The van der Waals surface area contributed by atoms with Gasteiger partial charge in [0.25, 0.3) is 0 Å². The molecule has 0 saturated carbocycles. The highest BCUT2D eigenvalue weighted by Crippen LogP contribution is 2.13. The van der Waals surface area contributed by atoms with E-state index in [4.69, 9.17) is 9.63 Å². The zero-order valence-corrected chi connectivity index (χ0v) is 11.1. The van der Waals surface area contributed by atoms with E-state index in [-0.39, 0.29) is 17.8 Å². The molecule has 2 aromatic rings. The molecule has 0 aliphatic heterocycles. The van der Waals surface area contributed by atoms with E-state index < -0.39 is 11.6 Å². The SMILES string of the molecule is Cc1c(C(=O)O)n(Cc2ccc(Br)cc2)oc1=O. The van der Waals surface area contributed by atoms with Crippen molar-refractivity contribution in [2.24, 2.45) is 0 Å². The van der Waals surface area contributed by atoms with Gasteiger partial charge in [0.1, 0.15) is 0 Å². The number of carboxylic acids is 1. The van der Waals surface area contributed by atoms with Crippen LogP contribution in [-0.2, 0) is 6.54 Å². The largest absolute Gasteiger partial charge is 0.476 e. The quantitative estimate of drug-likeness (QED) is 0.943. The van der Waals surface area contributed by atoms with Crippen LogP contribution in [0.1, 0.15) is 21.6 Å². The van der Waals surface area contributed by atoms with E-state index >= 15 is 0 Å². The Morgan fingerprint density at radius 1 is 1.39 bits per heavy atom. The molecule has 1 aromatic carbocycles. The summed E-state index contributed by atoms with van der Waals surface area (Å²) in [4.78, 5) is 22.4. The van der Waals surface area contributed by atoms with E-state index in [1.807, 2.05) is 24.3 Å². The smallest absolute Gasteiger partial charge is 0.361 e. The first kappa shape index (κ1) is 12.6. The Kier molecular flexibility index (Phi) is 3.38. The van der Waals surface area contributed by atoms with E-state index in [0.717, 1.165) is 14.8 Å². The summed E-state index contributed by atoms with van der Waals surface area (Å²) in [6, 6.07) is 7.32. The van der Waals surface area contributed by atoms with Crippen molar-refractivity contribution in [2.45, 2.75) is 13.5 Å². The standard InChI is InChI=1S/C12H10BrNO4/c1-7-10(11(15)16)14(18-12(7)17)6-8-2-4-9(13)5-3-8/h2-5H,6H2,1H3,(H,15,16). The summed E-state index contributed by atoms with van der Waals surface area (Å²) in [6.45, 7) is 1.64. The summed E-state index contributed by atoms with van der Waals surface area (Å²) in [6.07, 6.45) is 0. The third-order valence-corrected chi connectivity index (χ3v) is 3.07. The summed E-state index contributed by atoms with van der Waals surface area (Å²) in [7, 11) is 0. The van der Waals surface area contributed by atoms with E-state index in [1.165, 1.54) is 6.92 Å². The van der Waals surface area contributed by atoms with Crippen molar-refractivity contribution < 1.29 is 14.4 Å². The fourth-order valence-electron chi connectivity index (χ4n) is 1.63. The molecular formula is C12H10BrNO4. The number of hydrogen-bond acceptors (Lipinski definition) is 3. The van der Waals surface area contributed by atoms with E-state index in [1.54, 1.807) is 0 Å². The second-order valence-corrected chi connectivity index (χ2v) is 4.74. The minimum Gasteiger partial charge on any atom is -0.476 e. The number of rotatable bonds is 3. The van der Waals surface area contributed by atoms with Crippen molar-refractivity contribution in [3.8, 4) is 0 Å². The monoisotopic (exact) mass is 311 g/mol. The molecule has 0 radical (unpaired) electrons. The van der Waals surface area contributed by atoms with Gasteiger partial charge in [-0.25, -0.2) is 9.59 Å². The third-order valence-electron chi connectivity index (χ3n) is 2.55. The zero-order chi connectivity index (χ0) is 13.3. The van der Waals surface area contributed by atoms with Crippen LogP contribution in [-0.4, -0.2) is 15.8 Å². The summed E-state index contributed by atoms with van der Waals surface area (Å²) in [5.41, 5.74) is 0.228. The van der Waals surface area contributed by atoms with E-state index in [9.17, 15) is 9.59 Å². The van der Waals surface area contributed by atoms with Crippen LogP contribution in [0.2, 0.25) is 0 Å². The average Bonchev–Trinajstić information content (AvgIpc) is 2.58. The van der Waals surface area contributed by atoms with Gasteiger partial charge >= 0.3 is 11.6 Å². The van der Waals surface area contributed by atoms with Crippen LogP contribution in [0.15, 0.2) is 38.1 Å². The predicted octanol–water partition coefficient (Wildman–Crippen LogP) is 2.26. The van der Waals surface area contributed by atoms with Crippen molar-refractivity contribution in [1.82, 2.24) is 4.74 Å². The molecule has 18 heavy (non-hydrogen) atoms. The number of hydrogen-bond donors (Lipinski definition) is 1. The van der Waals surface area contributed by atoms with Gasteiger partial charge in [-0.05, 0) is 24.6 Å². The molecule has 6 heteroatoms. The molecule has 0 aliphatic rings. The molecule has 1 N–H and O–H groups in total. The third kappa shape index (κ3) is 2.38. The van der Waals surface area contributed by atoms with E-state index in [0.29, 0.717) is 0 Å². The minimum atomic E-state index is -1.17. The second kappa shape index (κ2) is 4.81. The zero-order valence-electron chi connectivity index (χ0n) is 9.51. The molecule has 1 aromatic heterocycles. The van der Waals surface area contributed by atoms with Gasteiger partial charge in [-0.1, -0.05) is 28.1 Å². The first-order chi connectivity index (χ1) is 8.49. The van der Waals surface area contributed by atoms with E-state index in [2.05, 4.69) is 15.9 Å². The van der Waals surface area contributed by atoms with Crippen LogP contribution in [0, 0.1) is 6.92 Å². The molecule has 0 atom stereocenters. The van der Waals surface area contributed by atoms with Gasteiger partial charge in [-0.2, -0.15) is 4.74 Å². The summed E-state index contributed by atoms with van der Waals surface area (Å²) in [5, 5.41) is 9.05. The fourth-order valence-corrected chi connectivity index (χ4v) is 1.90. The van der Waals surface area contributed by atoms with Crippen molar-refractivity contribution in [1.29, 1.82) is 0 Å². The highest BCUT2D eigenvalue weighted by molar-refractivity contribution is 9.10. The van der Waals surface area contributed by atoms with Gasteiger partial charge < -0.3 is 9.63 Å². The van der Waals surface area contributed by atoms with Crippen molar-refractivity contribution in [2.75, 3.05) is 0 Å². The van der Waals surface area contributed by atoms with Crippen LogP contribution in [0.25, 0.3) is 0 Å².